The maximum atomic E-state index is 12.5. The lowest BCUT2D eigenvalue weighted by molar-refractivity contribution is -0.137. The van der Waals surface area contributed by atoms with Gasteiger partial charge in [-0.3, -0.25) is 0 Å². The first-order valence-electron chi connectivity index (χ1n) is 8.02. The molecule has 0 aliphatic rings. The van der Waals surface area contributed by atoms with Gasteiger partial charge in [0.05, 0.1) is 11.3 Å². The molecule has 3 aromatic rings. The Morgan fingerprint density at radius 2 is 1.85 bits per heavy atom. The molecule has 0 bridgehead atoms. The number of nitrogens with zero attached hydrogens (tertiary/aromatic N) is 2. The van der Waals surface area contributed by atoms with Crippen LogP contribution in [0.3, 0.4) is 0 Å². The third-order valence-electron chi connectivity index (χ3n) is 3.81. The van der Waals surface area contributed by atoms with Crippen LogP contribution in [0, 0.1) is 0 Å². The predicted molar refractivity (Wildman–Crippen MR) is 90.6 cm³/mol. The molecule has 0 aliphatic heterocycles. The maximum Gasteiger partial charge on any atom is 0.416 e. The molecule has 26 heavy (non-hydrogen) atoms. The van der Waals surface area contributed by atoms with Crippen LogP contribution in [0.2, 0.25) is 0 Å². The summed E-state index contributed by atoms with van der Waals surface area (Å²) in [4.78, 5) is 16.2. The number of amides is 2. The number of alkyl halides is 3. The number of halogens is 3. The molecule has 0 spiro atoms. The summed E-state index contributed by atoms with van der Waals surface area (Å²) in [5.41, 5.74) is 1.58. The summed E-state index contributed by atoms with van der Waals surface area (Å²) in [7, 11) is 0. The van der Waals surface area contributed by atoms with E-state index >= 15 is 0 Å². The number of carbonyl (C=O) groups is 1. The van der Waals surface area contributed by atoms with E-state index in [9.17, 15) is 18.0 Å². The van der Waals surface area contributed by atoms with E-state index in [1.807, 2.05) is 35.0 Å². The van der Waals surface area contributed by atoms with E-state index in [0.717, 1.165) is 23.5 Å². The van der Waals surface area contributed by atoms with Gasteiger partial charge in [0.15, 0.2) is 0 Å². The second kappa shape index (κ2) is 7.47. The van der Waals surface area contributed by atoms with Crippen molar-refractivity contribution < 1.29 is 18.0 Å². The summed E-state index contributed by atoms with van der Waals surface area (Å²) >= 11 is 0. The molecule has 136 valence electrons. The fourth-order valence-corrected chi connectivity index (χ4v) is 2.47. The topological polar surface area (TPSA) is 58.4 Å². The third-order valence-corrected chi connectivity index (χ3v) is 3.81. The molecule has 2 aromatic heterocycles. The lowest BCUT2D eigenvalue weighted by atomic mass is 10.1. The highest BCUT2D eigenvalue weighted by Gasteiger charge is 2.29. The van der Waals surface area contributed by atoms with Gasteiger partial charge in [0.25, 0.3) is 0 Å². The van der Waals surface area contributed by atoms with Gasteiger partial charge in [0, 0.05) is 31.9 Å². The van der Waals surface area contributed by atoms with Gasteiger partial charge in [-0.15, -0.1) is 0 Å². The number of nitrogens with one attached hydrogen (secondary N) is 2. The van der Waals surface area contributed by atoms with Gasteiger partial charge in [-0.25, -0.2) is 9.78 Å². The van der Waals surface area contributed by atoms with Crippen LogP contribution in [-0.2, 0) is 19.1 Å². The van der Waals surface area contributed by atoms with Crippen molar-refractivity contribution in [3.8, 4) is 0 Å². The largest absolute Gasteiger partial charge is 0.416 e. The number of imidazole rings is 1. The van der Waals surface area contributed by atoms with Crippen LogP contribution in [0.4, 0.5) is 18.0 Å². The van der Waals surface area contributed by atoms with E-state index in [1.54, 1.807) is 0 Å². The fourth-order valence-electron chi connectivity index (χ4n) is 2.47. The highest BCUT2D eigenvalue weighted by molar-refractivity contribution is 5.73. The molecular formula is C18H17F3N4O. The summed E-state index contributed by atoms with van der Waals surface area (Å²) in [5.74, 6) is 0. The Morgan fingerprint density at radius 1 is 1.08 bits per heavy atom. The summed E-state index contributed by atoms with van der Waals surface area (Å²) in [6, 6.07) is 10.0. The van der Waals surface area contributed by atoms with Crippen molar-refractivity contribution in [3.05, 3.63) is 71.7 Å². The number of hydrogen-bond donors (Lipinski definition) is 2. The summed E-state index contributed by atoms with van der Waals surface area (Å²) in [6.45, 7) is 0.557. The predicted octanol–water partition coefficient (Wildman–Crippen LogP) is 3.40. The minimum Gasteiger partial charge on any atom is -0.338 e. The normalized spacial score (nSPS) is 11.5. The molecule has 1 aromatic carbocycles. The van der Waals surface area contributed by atoms with Crippen LogP contribution in [0.1, 0.15) is 16.8 Å². The molecule has 8 heteroatoms. The Balaban J connectivity index is 1.42. The van der Waals surface area contributed by atoms with Gasteiger partial charge >= 0.3 is 12.2 Å². The maximum absolute atomic E-state index is 12.5. The highest BCUT2D eigenvalue weighted by atomic mass is 19.4. The molecule has 0 saturated heterocycles. The van der Waals surface area contributed by atoms with E-state index < -0.39 is 11.7 Å². The monoisotopic (exact) mass is 362 g/mol. The molecule has 0 saturated carbocycles. The van der Waals surface area contributed by atoms with E-state index in [2.05, 4.69) is 15.6 Å². The first kappa shape index (κ1) is 17.8. The molecule has 2 heterocycles. The number of benzene rings is 1. The summed E-state index contributed by atoms with van der Waals surface area (Å²) in [5, 5.41) is 5.32. The zero-order chi connectivity index (χ0) is 18.6. The number of urea groups is 1. The minimum absolute atomic E-state index is 0.151. The standard InChI is InChI=1S/C18H17F3N4O/c19-18(20,21)14-6-4-13(5-7-14)11-23-17(26)22-9-8-15-12-25-10-2-1-3-16(25)24-15/h1-7,10,12H,8-9,11H2,(H2,22,23,26). The summed E-state index contributed by atoms with van der Waals surface area (Å²) < 4.78 is 39.4. The fraction of sp³-hybridized carbons (Fsp3) is 0.222. The molecule has 2 N–H and O–H groups in total. The van der Waals surface area contributed by atoms with Crippen LogP contribution < -0.4 is 10.6 Å². The second-order valence-electron chi connectivity index (χ2n) is 5.75. The SMILES string of the molecule is O=C(NCCc1cn2ccccc2n1)NCc1ccc(C(F)(F)F)cc1. The molecule has 2 amide bonds. The average molecular weight is 362 g/mol. The Labute approximate surface area is 147 Å². The molecule has 5 nitrogen and oxygen atoms in total. The lowest BCUT2D eigenvalue weighted by Crippen LogP contribution is -2.36. The average Bonchev–Trinajstić information content (AvgIpc) is 3.02. The van der Waals surface area contributed by atoms with Crippen molar-refractivity contribution >= 4 is 11.7 Å². The van der Waals surface area contributed by atoms with Gasteiger partial charge in [-0.05, 0) is 29.8 Å². The van der Waals surface area contributed by atoms with E-state index in [1.165, 1.54) is 12.1 Å². The molecule has 3 rings (SSSR count). The van der Waals surface area contributed by atoms with Crippen molar-refractivity contribution in [3.63, 3.8) is 0 Å². The first-order valence-corrected chi connectivity index (χ1v) is 8.02. The van der Waals surface area contributed by atoms with Crippen LogP contribution in [0.5, 0.6) is 0 Å². The van der Waals surface area contributed by atoms with Crippen molar-refractivity contribution in [1.82, 2.24) is 20.0 Å². The van der Waals surface area contributed by atoms with Gasteiger partial charge < -0.3 is 15.0 Å². The zero-order valence-electron chi connectivity index (χ0n) is 13.8. The van der Waals surface area contributed by atoms with Crippen LogP contribution in [0.25, 0.3) is 5.65 Å². The molecule has 0 atom stereocenters. The van der Waals surface area contributed by atoms with Gasteiger partial charge in [0.2, 0.25) is 0 Å². The zero-order valence-corrected chi connectivity index (χ0v) is 13.8. The van der Waals surface area contributed by atoms with Crippen molar-refractivity contribution in [1.29, 1.82) is 0 Å². The van der Waals surface area contributed by atoms with E-state index in [-0.39, 0.29) is 12.6 Å². The van der Waals surface area contributed by atoms with Crippen LogP contribution in [-0.4, -0.2) is 22.0 Å². The Kier molecular flexibility index (Phi) is 5.11. The minimum atomic E-state index is -4.36. The second-order valence-corrected chi connectivity index (χ2v) is 5.75. The molecule has 0 aliphatic carbocycles. The molecule has 0 fully saturated rings. The van der Waals surface area contributed by atoms with Crippen LogP contribution >= 0.6 is 0 Å². The summed E-state index contributed by atoms with van der Waals surface area (Å²) in [6.07, 6.45) is 0.0176. The highest BCUT2D eigenvalue weighted by Crippen LogP contribution is 2.28. The Bertz CT molecular complexity index is 854. The van der Waals surface area contributed by atoms with Gasteiger partial charge in [0.1, 0.15) is 5.65 Å². The van der Waals surface area contributed by atoms with Crippen molar-refractivity contribution in [2.45, 2.75) is 19.1 Å². The molecule has 0 unspecified atom stereocenters. The number of rotatable bonds is 5. The van der Waals surface area contributed by atoms with Crippen LogP contribution in [0.15, 0.2) is 54.9 Å². The quantitative estimate of drug-likeness (QED) is 0.731. The molecular weight excluding hydrogens is 345 g/mol. The number of pyridine rings is 1. The number of hydrogen-bond acceptors (Lipinski definition) is 2. The number of carbonyl (C=O) groups excluding carboxylic acids is 1. The number of fused-ring (bicyclic) bond motifs is 1. The van der Waals surface area contributed by atoms with E-state index in [4.69, 9.17) is 0 Å². The smallest absolute Gasteiger partial charge is 0.338 e. The molecule has 0 radical (unpaired) electrons. The Morgan fingerprint density at radius 3 is 2.54 bits per heavy atom. The van der Waals surface area contributed by atoms with Crippen molar-refractivity contribution in [2.75, 3.05) is 6.54 Å². The van der Waals surface area contributed by atoms with E-state index in [0.29, 0.717) is 18.5 Å². The third kappa shape index (κ3) is 4.53. The van der Waals surface area contributed by atoms with Gasteiger partial charge in [-0.2, -0.15) is 13.2 Å². The van der Waals surface area contributed by atoms with Crippen molar-refractivity contribution in [2.24, 2.45) is 0 Å². The number of aromatic nitrogens is 2. The Hall–Kier alpha value is -3.03. The van der Waals surface area contributed by atoms with Gasteiger partial charge in [-0.1, -0.05) is 18.2 Å². The first-order chi connectivity index (χ1) is 12.4. The lowest BCUT2D eigenvalue weighted by Gasteiger charge is -2.09.